The third-order valence-corrected chi connectivity index (χ3v) is 4.27. The molecule has 1 aliphatic rings. The fourth-order valence-corrected chi connectivity index (χ4v) is 2.83. The minimum atomic E-state index is 0.571. The number of benzene rings is 1. The number of piperazine rings is 1. The molecule has 1 aromatic carbocycles. The second-order valence-corrected chi connectivity index (χ2v) is 6.07. The third kappa shape index (κ3) is 5.92. The first-order chi connectivity index (χ1) is 11.7. The standard InChI is InChI=1S/C18H31N5O/c1-3-9-20-18(19)21-10-4-11-22-12-14-23(15-13-22)16-5-7-17(24-2)8-6-16/h5-8H,3-4,9-15H2,1-2H3,(H3,19,20,21). The minimum Gasteiger partial charge on any atom is -0.497 e. The van der Waals surface area contributed by atoms with Crippen molar-refractivity contribution in [2.75, 3.05) is 57.8 Å². The fourth-order valence-electron chi connectivity index (χ4n) is 2.83. The van der Waals surface area contributed by atoms with Crippen LogP contribution in [0, 0.1) is 0 Å². The Labute approximate surface area is 145 Å². The second kappa shape index (κ2) is 10.0. The number of aliphatic imine (C=N–C) groups is 1. The van der Waals surface area contributed by atoms with Crippen molar-refractivity contribution < 1.29 is 4.74 Å². The van der Waals surface area contributed by atoms with E-state index < -0.39 is 0 Å². The van der Waals surface area contributed by atoms with E-state index in [4.69, 9.17) is 10.5 Å². The van der Waals surface area contributed by atoms with Gasteiger partial charge in [-0.25, -0.2) is 0 Å². The van der Waals surface area contributed by atoms with E-state index in [0.717, 1.165) is 64.4 Å². The Hall–Kier alpha value is -1.95. The van der Waals surface area contributed by atoms with E-state index in [0.29, 0.717) is 5.96 Å². The Bertz CT molecular complexity index is 495. The number of methoxy groups -OCH3 is 1. The van der Waals surface area contributed by atoms with Gasteiger partial charge in [0.05, 0.1) is 7.11 Å². The summed E-state index contributed by atoms with van der Waals surface area (Å²) in [6, 6.07) is 8.32. The first kappa shape index (κ1) is 18.4. The number of anilines is 1. The zero-order valence-electron chi connectivity index (χ0n) is 15.0. The molecular weight excluding hydrogens is 302 g/mol. The Balaban J connectivity index is 1.64. The number of ether oxygens (including phenoxy) is 1. The summed E-state index contributed by atoms with van der Waals surface area (Å²) in [5.41, 5.74) is 7.07. The van der Waals surface area contributed by atoms with E-state index in [1.807, 2.05) is 12.1 Å². The molecule has 0 saturated carbocycles. The van der Waals surface area contributed by atoms with Crippen molar-refractivity contribution in [2.45, 2.75) is 19.8 Å². The molecule has 0 atom stereocenters. The Morgan fingerprint density at radius 1 is 1.21 bits per heavy atom. The van der Waals surface area contributed by atoms with Crippen LogP contribution in [-0.4, -0.2) is 63.8 Å². The van der Waals surface area contributed by atoms with Crippen LogP contribution in [0.2, 0.25) is 0 Å². The summed E-state index contributed by atoms with van der Waals surface area (Å²) < 4.78 is 5.22. The molecule has 1 aliphatic heterocycles. The second-order valence-electron chi connectivity index (χ2n) is 6.07. The molecule has 0 aliphatic carbocycles. The summed E-state index contributed by atoms with van der Waals surface area (Å²) >= 11 is 0. The summed E-state index contributed by atoms with van der Waals surface area (Å²) in [7, 11) is 1.70. The lowest BCUT2D eigenvalue weighted by Gasteiger charge is -2.36. The third-order valence-electron chi connectivity index (χ3n) is 4.27. The van der Waals surface area contributed by atoms with Crippen LogP contribution >= 0.6 is 0 Å². The normalized spacial score (nSPS) is 16.2. The maximum Gasteiger partial charge on any atom is 0.188 e. The van der Waals surface area contributed by atoms with Crippen LogP contribution in [0.5, 0.6) is 5.75 Å². The highest BCUT2D eigenvalue weighted by molar-refractivity contribution is 5.77. The van der Waals surface area contributed by atoms with E-state index in [1.54, 1.807) is 7.11 Å². The Morgan fingerprint density at radius 3 is 2.54 bits per heavy atom. The minimum absolute atomic E-state index is 0.571. The number of nitrogens with two attached hydrogens (primary N) is 1. The predicted octanol–water partition coefficient (Wildman–Crippen LogP) is 1.52. The molecule has 3 N–H and O–H groups in total. The smallest absolute Gasteiger partial charge is 0.188 e. The van der Waals surface area contributed by atoms with Crippen LogP contribution < -0.4 is 20.7 Å². The molecule has 134 valence electrons. The van der Waals surface area contributed by atoms with Crippen molar-refractivity contribution >= 4 is 11.6 Å². The van der Waals surface area contributed by atoms with Gasteiger partial charge in [-0.05, 0) is 43.7 Å². The molecule has 1 heterocycles. The van der Waals surface area contributed by atoms with Crippen molar-refractivity contribution in [3.63, 3.8) is 0 Å². The zero-order valence-corrected chi connectivity index (χ0v) is 15.0. The highest BCUT2D eigenvalue weighted by Crippen LogP contribution is 2.20. The highest BCUT2D eigenvalue weighted by Gasteiger charge is 2.16. The van der Waals surface area contributed by atoms with Crippen LogP contribution in [0.4, 0.5) is 5.69 Å². The average molecular weight is 333 g/mol. The van der Waals surface area contributed by atoms with Crippen molar-refractivity contribution in [1.29, 1.82) is 0 Å². The van der Waals surface area contributed by atoms with Crippen LogP contribution in [0.3, 0.4) is 0 Å². The summed E-state index contributed by atoms with van der Waals surface area (Å²) in [4.78, 5) is 9.19. The molecule has 0 aromatic heterocycles. The summed E-state index contributed by atoms with van der Waals surface area (Å²) in [5.74, 6) is 1.48. The first-order valence-electron chi connectivity index (χ1n) is 8.88. The molecule has 0 bridgehead atoms. The molecule has 1 saturated heterocycles. The van der Waals surface area contributed by atoms with Gasteiger partial charge in [-0.2, -0.15) is 0 Å². The molecule has 1 fully saturated rings. The molecule has 6 heteroatoms. The van der Waals surface area contributed by atoms with E-state index >= 15 is 0 Å². The maximum atomic E-state index is 5.79. The first-order valence-corrected chi connectivity index (χ1v) is 8.88. The van der Waals surface area contributed by atoms with Gasteiger partial charge in [0.25, 0.3) is 0 Å². The van der Waals surface area contributed by atoms with E-state index in [9.17, 15) is 0 Å². The number of nitrogens with one attached hydrogen (secondary N) is 1. The van der Waals surface area contributed by atoms with Gasteiger partial charge in [0.15, 0.2) is 5.96 Å². The van der Waals surface area contributed by atoms with Crippen LogP contribution in [0.25, 0.3) is 0 Å². The Morgan fingerprint density at radius 2 is 1.92 bits per heavy atom. The summed E-state index contributed by atoms with van der Waals surface area (Å²) in [6.07, 6.45) is 2.12. The number of hydrogen-bond acceptors (Lipinski definition) is 4. The van der Waals surface area contributed by atoms with Gasteiger partial charge in [-0.15, -0.1) is 0 Å². The molecule has 1 aromatic rings. The van der Waals surface area contributed by atoms with E-state index in [2.05, 4.69) is 39.2 Å². The van der Waals surface area contributed by atoms with Gasteiger partial charge in [0.2, 0.25) is 0 Å². The summed E-state index contributed by atoms with van der Waals surface area (Å²) in [6.45, 7) is 9.23. The van der Waals surface area contributed by atoms with Crippen molar-refractivity contribution in [2.24, 2.45) is 10.7 Å². The Kier molecular flexibility index (Phi) is 7.68. The molecule has 24 heavy (non-hydrogen) atoms. The van der Waals surface area contributed by atoms with Crippen molar-refractivity contribution in [3.05, 3.63) is 24.3 Å². The molecule has 6 nitrogen and oxygen atoms in total. The SMILES string of the molecule is CCCN=C(N)NCCCN1CCN(c2ccc(OC)cc2)CC1. The van der Waals surface area contributed by atoms with Gasteiger partial charge in [-0.1, -0.05) is 6.92 Å². The highest BCUT2D eigenvalue weighted by atomic mass is 16.5. The number of guanidine groups is 1. The number of hydrogen-bond donors (Lipinski definition) is 2. The average Bonchev–Trinajstić information content (AvgIpc) is 2.64. The van der Waals surface area contributed by atoms with Crippen LogP contribution in [0.15, 0.2) is 29.3 Å². The maximum absolute atomic E-state index is 5.79. The summed E-state index contributed by atoms with van der Waals surface area (Å²) in [5, 5.41) is 3.18. The van der Waals surface area contributed by atoms with E-state index in [-0.39, 0.29) is 0 Å². The quantitative estimate of drug-likeness (QED) is 0.429. The zero-order chi connectivity index (χ0) is 17.2. The topological polar surface area (TPSA) is 66.1 Å². The molecular formula is C18H31N5O. The lowest BCUT2D eigenvalue weighted by atomic mass is 10.2. The number of rotatable bonds is 8. The largest absolute Gasteiger partial charge is 0.497 e. The predicted molar refractivity (Wildman–Crippen MR) is 101 cm³/mol. The van der Waals surface area contributed by atoms with Gasteiger partial charge < -0.3 is 20.7 Å². The lowest BCUT2D eigenvalue weighted by molar-refractivity contribution is 0.255. The van der Waals surface area contributed by atoms with Gasteiger partial charge in [-0.3, -0.25) is 9.89 Å². The molecule has 0 amide bonds. The monoisotopic (exact) mass is 333 g/mol. The molecule has 0 radical (unpaired) electrons. The molecule has 0 spiro atoms. The van der Waals surface area contributed by atoms with Gasteiger partial charge in [0, 0.05) is 45.0 Å². The molecule has 0 unspecified atom stereocenters. The fraction of sp³-hybridized carbons (Fsp3) is 0.611. The van der Waals surface area contributed by atoms with Crippen molar-refractivity contribution in [3.8, 4) is 5.75 Å². The van der Waals surface area contributed by atoms with Crippen molar-refractivity contribution in [1.82, 2.24) is 10.2 Å². The molecule has 2 rings (SSSR count). The van der Waals surface area contributed by atoms with E-state index in [1.165, 1.54) is 5.69 Å². The number of nitrogens with zero attached hydrogens (tertiary/aromatic N) is 3. The van der Waals surface area contributed by atoms with Crippen LogP contribution in [0.1, 0.15) is 19.8 Å². The lowest BCUT2D eigenvalue weighted by Crippen LogP contribution is -2.47. The van der Waals surface area contributed by atoms with Crippen LogP contribution in [-0.2, 0) is 0 Å². The van der Waals surface area contributed by atoms with Gasteiger partial charge >= 0.3 is 0 Å². The van der Waals surface area contributed by atoms with Gasteiger partial charge in [0.1, 0.15) is 5.75 Å².